The van der Waals surface area contributed by atoms with Gasteiger partial charge in [-0.25, -0.2) is 4.72 Å². The number of hydrogen-bond donors (Lipinski definition) is 3. The van der Waals surface area contributed by atoms with E-state index in [0.29, 0.717) is 0 Å². The van der Waals surface area contributed by atoms with E-state index in [-0.39, 0.29) is 11.3 Å². The van der Waals surface area contributed by atoms with Crippen molar-refractivity contribution in [3.63, 3.8) is 0 Å². The fourth-order valence-electron chi connectivity index (χ4n) is 0.876. The molecule has 6 nitrogen and oxygen atoms in total. The molecule has 0 unspecified atom stereocenters. The highest BCUT2D eigenvalue weighted by Gasteiger charge is 2.14. The topological polar surface area (TPSA) is 109 Å². The molecule has 76 valence electrons. The number of nitrogens with two attached hydrogens (primary N) is 1. The van der Waals surface area contributed by atoms with E-state index in [4.69, 9.17) is 10.3 Å². The van der Waals surface area contributed by atoms with Gasteiger partial charge in [-0.05, 0) is 12.1 Å². The van der Waals surface area contributed by atoms with E-state index in [1.165, 1.54) is 22.9 Å². The maximum absolute atomic E-state index is 11.2. The average Bonchev–Trinajstić information content (AvgIpc) is 2.01. The molecule has 7 heteroatoms. The molecule has 0 heterocycles. The Morgan fingerprint density at radius 1 is 1.36 bits per heavy atom. The summed E-state index contributed by atoms with van der Waals surface area (Å²) in [6, 6.07) is 5.91. The highest BCUT2D eigenvalue weighted by Crippen LogP contribution is 2.09. The monoisotopic (exact) mass is 216 g/mol. The van der Waals surface area contributed by atoms with Crippen LogP contribution in [0.4, 0.5) is 5.69 Å². The van der Waals surface area contributed by atoms with Gasteiger partial charge in [0.1, 0.15) is 0 Å². The van der Waals surface area contributed by atoms with Gasteiger partial charge in [0.25, 0.3) is 5.91 Å². The number of amides is 1. The summed E-state index contributed by atoms with van der Waals surface area (Å²) in [6.07, 6.45) is 0. The zero-order chi connectivity index (χ0) is 10.8. The molecule has 1 amide bonds. The standard InChI is InChI=1S/C7H8N2O4S/c8-6-4-2-1-3-5(6)7(10)9-14(11,12)13/h1-4H,8H2,(H,9,10)(H,11,12,13). The number of hydrogen-bond acceptors (Lipinski definition) is 4. The van der Waals surface area contributed by atoms with E-state index in [2.05, 4.69) is 0 Å². The molecule has 0 spiro atoms. The lowest BCUT2D eigenvalue weighted by molar-refractivity contribution is 0.0979. The molecule has 0 bridgehead atoms. The fraction of sp³-hybridized carbons (Fsp3) is 0. The van der Waals surface area contributed by atoms with Gasteiger partial charge in [-0.2, -0.15) is 8.42 Å². The van der Waals surface area contributed by atoms with Crippen molar-refractivity contribution in [1.29, 1.82) is 0 Å². The van der Waals surface area contributed by atoms with Gasteiger partial charge in [0, 0.05) is 5.69 Å². The molecule has 0 radical (unpaired) electrons. The van der Waals surface area contributed by atoms with Crippen LogP contribution in [0.15, 0.2) is 24.3 Å². The highest BCUT2D eigenvalue weighted by molar-refractivity contribution is 7.84. The number of anilines is 1. The van der Waals surface area contributed by atoms with Crippen LogP contribution in [-0.2, 0) is 10.3 Å². The summed E-state index contributed by atoms with van der Waals surface area (Å²) in [7, 11) is -4.54. The number of benzene rings is 1. The minimum Gasteiger partial charge on any atom is -0.398 e. The molecule has 0 aliphatic rings. The molecule has 0 saturated heterocycles. The molecule has 1 aromatic rings. The molecule has 0 aromatic heterocycles. The van der Waals surface area contributed by atoms with Gasteiger partial charge in [0.05, 0.1) is 5.56 Å². The van der Waals surface area contributed by atoms with E-state index in [9.17, 15) is 13.2 Å². The van der Waals surface area contributed by atoms with Crippen LogP contribution >= 0.6 is 0 Å². The molecular weight excluding hydrogens is 208 g/mol. The largest absolute Gasteiger partial charge is 0.398 e. The summed E-state index contributed by atoms with van der Waals surface area (Å²) in [5, 5.41) is 0. The number of para-hydroxylation sites is 1. The minimum atomic E-state index is -4.54. The number of rotatable bonds is 2. The maximum atomic E-state index is 11.2. The number of nitrogen functional groups attached to an aromatic ring is 1. The molecule has 14 heavy (non-hydrogen) atoms. The van der Waals surface area contributed by atoms with Gasteiger partial charge in [0.2, 0.25) is 0 Å². The molecule has 4 N–H and O–H groups in total. The number of carbonyl (C=O) groups excluding carboxylic acids is 1. The average molecular weight is 216 g/mol. The molecule has 0 fully saturated rings. The molecule has 0 aliphatic carbocycles. The molecule has 0 aliphatic heterocycles. The molecule has 0 saturated carbocycles. The second-order valence-corrected chi connectivity index (χ2v) is 3.65. The Kier molecular flexibility index (Phi) is 2.73. The zero-order valence-electron chi connectivity index (χ0n) is 6.97. The smallest absolute Gasteiger partial charge is 0.359 e. The lowest BCUT2D eigenvalue weighted by Crippen LogP contribution is -2.30. The third-order valence-corrected chi connectivity index (χ3v) is 1.87. The summed E-state index contributed by atoms with van der Waals surface area (Å²) in [5.74, 6) is -0.967. The van der Waals surface area contributed by atoms with Crippen molar-refractivity contribution in [2.45, 2.75) is 0 Å². The van der Waals surface area contributed by atoms with Crippen molar-refractivity contribution in [2.24, 2.45) is 0 Å². The van der Waals surface area contributed by atoms with Gasteiger partial charge in [-0.3, -0.25) is 9.35 Å². The SMILES string of the molecule is Nc1ccccc1C(=O)NS(=O)(=O)O. The van der Waals surface area contributed by atoms with Crippen LogP contribution in [0.5, 0.6) is 0 Å². The zero-order valence-corrected chi connectivity index (χ0v) is 7.78. The first-order chi connectivity index (χ1) is 6.40. The van der Waals surface area contributed by atoms with Crippen LogP contribution < -0.4 is 10.5 Å². The molecular formula is C7H8N2O4S. The predicted molar refractivity (Wildman–Crippen MR) is 49.9 cm³/mol. The van der Waals surface area contributed by atoms with Crippen molar-refractivity contribution in [2.75, 3.05) is 5.73 Å². The van der Waals surface area contributed by atoms with Crippen LogP contribution in [0, 0.1) is 0 Å². The van der Waals surface area contributed by atoms with Crippen LogP contribution in [0.1, 0.15) is 10.4 Å². The minimum absolute atomic E-state index is 0.00914. The van der Waals surface area contributed by atoms with Gasteiger partial charge >= 0.3 is 10.3 Å². The first-order valence-corrected chi connectivity index (χ1v) is 4.98. The van der Waals surface area contributed by atoms with E-state index in [1.807, 2.05) is 0 Å². The van der Waals surface area contributed by atoms with Crippen LogP contribution in [-0.4, -0.2) is 18.9 Å². The Bertz CT molecular complexity index is 455. The number of carbonyl (C=O) groups is 1. The third kappa shape index (κ3) is 2.71. The summed E-state index contributed by atoms with van der Waals surface area (Å²) >= 11 is 0. The second kappa shape index (κ2) is 3.64. The van der Waals surface area contributed by atoms with E-state index in [1.54, 1.807) is 6.07 Å². The Morgan fingerprint density at radius 3 is 2.43 bits per heavy atom. The van der Waals surface area contributed by atoms with Crippen molar-refractivity contribution >= 4 is 21.9 Å². The van der Waals surface area contributed by atoms with Gasteiger partial charge < -0.3 is 5.73 Å². The van der Waals surface area contributed by atoms with Crippen molar-refractivity contribution in [3.8, 4) is 0 Å². The normalized spacial score (nSPS) is 10.9. The van der Waals surface area contributed by atoms with Crippen molar-refractivity contribution in [1.82, 2.24) is 4.72 Å². The van der Waals surface area contributed by atoms with Gasteiger partial charge in [0.15, 0.2) is 0 Å². The lowest BCUT2D eigenvalue weighted by atomic mass is 10.2. The second-order valence-electron chi connectivity index (χ2n) is 2.49. The van der Waals surface area contributed by atoms with Crippen molar-refractivity contribution < 1.29 is 17.8 Å². The maximum Gasteiger partial charge on any atom is 0.359 e. The number of nitrogens with one attached hydrogen (secondary N) is 1. The van der Waals surface area contributed by atoms with E-state index in [0.717, 1.165) is 0 Å². The van der Waals surface area contributed by atoms with Crippen molar-refractivity contribution in [3.05, 3.63) is 29.8 Å². The fourth-order valence-corrected chi connectivity index (χ4v) is 1.22. The Morgan fingerprint density at radius 2 is 1.93 bits per heavy atom. The van der Waals surface area contributed by atoms with Gasteiger partial charge in [-0.15, -0.1) is 0 Å². The Balaban J connectivity index is 2.97. The van der Waals surface area contributed by atoms with E-state index >= 15 is 0 Å². The Hall–Kier alpha value is -1.60. The Labute approximate surface area is 80.6 Å². The molecule has 1 rings (SSSR count). The lowest BCUT2D eigenvalue weighted by Gasteiger charge is -2.03. The summed E-state index contributed by atoms with van der Waals surface area (Å²) in [6.45, 7) is 0. The highest BCUT2D eigenvalue weighted by atomic mass is 32.2. The third-order valence-electron chi connectivity index (χ3n) is 1.43. The van der Waals surface area contributed by atoms with Crippen LogP contribution in [0.2, 0.25) is 0 Å². The molecule has 1 aromatic carbocycles. The molecule has 0 atom stereocenters. The quantitative estimate of drug-likeness (QED) is 0.468. The van der Waals surface area contributed by atoms with Crippen LogP contribution in [0.3, 0.4) is 0 Å². The first kappa shape index (κ1) is 10.5. The first-order valence-electron chi connectivity index (χ1n) is 3.54. The van der Waals surface area contributed by atoms with Crippen LogP contribution in [0.25, 0.3) is 0 Å². The summed E-state index contributed by atoms with van der Waals surface area (Å²) in [5.41, 5.74) is 5.53. The van der Waals surface area contributed by atoms with E-state index < -0.39 is 16.2 Å². The predicted octanol–water partition coefficient (Wildman–Crippen LogP) is -0.199. The summed E-state index contributed by atoms with van der Waals surface area (Å²) < 4.78 is 30.3. The van der Waals surface area contributed by atoms with Gasteiger partial charge in [-0.1, -0.05) is 12.1 Å². The summed E-state index contributed by atoms with van der Waals surface area (Å²) in [4.78, 5) is 11.2.